The van der Waals surface area contributed by atoms with Gasteiger partial charge < -0.3 is 19.1 Å². The molecule has 1 aromatic heterocycles. The van der Waals surface area contributed by atoms with Crippen LogP contribution < -0.4 is 0 Å². The molecule has 30 heavy (non-hydrogen) atoms. The van der Waals surface area contributed by atoms with Crippen LogP contribution in [-0.2, 0) is 20.7 Å². The minimum Gasteiger partial charge on any atom is -0.373 e. The van der Waals surface area contributed by atoms with Crippen molar-refractivity contribution >= 4 is 11.8 Å². The molecule has 2 amide bonds. The summed E-state index contributed by atoms with van der Waals surface area (Å²) in [5, 5.41) is 3.92. The van der Waals surface area contributed by atoms with E-state index < -0.39 is 0 Å². The van der Waals surface area contributed by atoms with Crippen molar-refractivity contribution in [3.8, 4) is 0 Å². The highest BCUT2D eigenvalue weighted by Crippen LogP contribution is 2.35. The minimum absolute atomic E-state index is 0.0552. The third kappa shape index (κ3) is 4.26. The summed E-state index contributed by atoms with van der Waals surface area (Å²) in [6, 6.07) is 10.0. The fraction of sp³-hybridized carbons (Fsp3) is 0.522. The van der Waals surface area contributed by atoms with Crippen LogP contribution in [0.15, 0.2) is 34.9 Å². The Bertz CT molecular complexity index is 868. The second-order valence-corrected chi connectivity index (χ2v) is 8.14. The van der Waals surface area contributed by atoms with Crippen LogP contribution in [0, 0.1) is 19.8 Å². The largest absolute Gasteiger partial charge is 0.373 e. The summed E-state index contributed by atoms with van der Waals surface area (Å²) in [4.78, 5) is 29.7. The highest BCUT2D eigenvalue weighted by Gasteiger charge is 2.37. The van der Waals surface area contributed by atoms with Gasteiger partial charge in [-0.3, -0.25) is 9.59 Å². The molecule has 0 aliphatic carbocycles. The lowest BCUT2D eigenvalue weighted by Crippen LogP contribution is -2.53. The Kier molecular flexibility index (Phi) is 6.18. The van der Waals surface area contributed by atoms with Gasteiger partial charge in [0, 0.05) is 38.3 Å². The molecule has 2 fully saturated rings. The second kappa shape index (κ2) is 9.00. The number of piperazine rings is 1. The van der Waals surface area contributed by atoms with Crippen LogP contribution in [-0.4, -0.2) is 59.6 Å². The molecule has 0 bridgehead atoms. The van der Waals surface area contributed by atoms with Crippen LogP contribution in [0.3, 0.4) is 0 Å². The summed E-state index contributed by atoms with van der Waals surface area (Å²) >= 11 is 0. The number of aromatic nitrogens is 1. The number of hydrogen-bond acceptors (Lipinski definition) is 5. The Balaban J connectivity index is 1.36. The molecule has 2 unspecified atom stereocenters. The molecule has 2 aliphatic heterocycles. The number of carbonyl (C=O) groups excluding carboxylic acids is 2. The van der Waals surface area contributed by atoms with Gasteiger partial charge in [0.1, 0.15) is 5.76 Å². The van der Waals surface area contributed by atoms with Crippen LogP contribution in [0.25, 0.3) is 0 Å². The lowest BCUT2D eigenvalue weighted by atomic mass is 9.88. The van der Waals surface area contributed by atoms with Gasteiger partial charge in [0.25, 0.3) is 0 Å². The number of carbonyl (C=O) groups is 2. The zero-order valence-electron chi connectivity index (χ0n) is 17.7. The van der Waals surface area contributed by atoms with Crippen LogP contribution in [0.2, 0.25) is 0 Å². The lowest BCUT2D eigenvalue weighted by Gasteiger charge is -2.39. The third-order valence-corrected chi connectivity index (χ3v) is 6.22. The van der Waals surface area contributed by atoms with Crippen molar-refractivity contribution in [3.63, 3.8) is 0 Å². The van der Waals surface area contributed by atoms with Crippen molar-refractivity contribution in [3.05, 3.63) is 52.9 Å². The molecule has 1 aromatic carbocycles. The van der Waals surface area contributed by atoms with Crippen molar-refractivity contribution in [2.75, 3.05) is 32.8 Å². The molecule has 0 spiro atoms. The van der Waals surface area contributed by atoms with Crippen molar-refractivity contribution < 1.29 is 18.8 Å². The van der Waals surface area contributed by atoms with Gasteiger partial charge in [-0.25, -0.2) is 0 Å². The van der Waals surface area contributed by atoms with Crippen LogP contribution in [0.4, 0.5) is 0 Å². The number of ether oxygens (including phenoxy) is 1. The normalized spacial score (nSPS) is 22.2. The quantitative estimate of drug-likeness (QED) is 0.773. The molecule has 7 nitrogen and oxygen atoms in total. The summed E-state index contributed by atoms with van der Waals surface area (Å²) in [7, 11) is 0. The number of hydrogen-bond donors (Lipinski definition) is 0. The maximum absolute atomic E-state index is 13.3. The van der Waals surface area contributed by atoms with Crippen molar-refractivity contribution in [1.82, 2.24) is 15.0 Å². The number of benzene rings is 1. The molecular formula is C23H29N3O4. The van der Waals surface area contributed by atoms with Crippen molar-refractivity contribution in [2.24, 2.45) is 5.92 Å². The topological polar surface area (TPSA) is 75.9 Å². The SMILES string of the molecule is Cc1noc(C)c1CC(=O)N1CCN(C(=O)C2CCCOC2c2ccccc2)CC1. The Morgan fingerprint density at radius 2 is 1.77 bits per heavy atom. The van der Waals surface area contributed by atoms with E-state index in [9.17, 15) is 9.59 Å². The molecule has 0 N–H and O–H groups in total. The summed E-state index contributed by atoms with van der Waals surface area (Å²) in [5.74, 6) is 0.727. The molecule has 160 valence electrons. The van der Waals surface area contributed by atoms with Crippen LogP contribution in [0.5, 0.6) is 0 Å². The molecule has 4 rings (SSSR count). The first-order valence-corrected chi connectivity index (χ1v) is 10.7. The van der Waals surface area contributed by atoms with E-state index in [0.717, 1.165) is 29.7 Å². The number of rotatable bonds is 4. The molecule has 7 heteroatoms. The number of aryl methyl sites for hydroxylation is 2. The Morgan fingerprint density at radius 3 is 2.43 bits per heavy atom. The lowest BCUT2D eigenvalue weighted by molar-refractivity contribution is -0.149. The zero-order valence-corrected chi connectivity index (χ0v) is 17.7. The van der Waals surface area contributed by atoms with Crippen molar-refractivity contribution in [2.45, 2.75) is 39.2 Å². The van der Waals surface area contributed by atoms with Gasteiger partial charge in [0.05, 0.1) is 24.1 Å². The van der Waals surface area contributed by atoms with E-state index in [4.69, 9.17) is 9.26 Å². The Hall–Kier alpha value is -2.67. The molecule has 2 saturated heterocycles. The second-order valence-electron chi connectivity index (χ2n) is 8.14. The number of amides is 2. The molecule has 3 heterocycles. The predicted octanol–water partition coefficient (Wildman–Crippen LogP) is 2.67. The van der Waals surface area contributed by atoms with E-state index >= 15 is 0 Å². The predicted molar refractivity (Wildman–Crippen MR) is 111 cm³/mol. The van der Waals surface area contributed by atoms with E-state index in [1.54, 1.807) is 0 Å². The molecule has 2 atom stereocenters. The monoisotopic (exact) mass is 411 g/mol. The maximum atomic E-state index is 13.3. The fourth-order valence-electron chi connectivity index (χ4n) is 4.43. The standard InChI is InChI=1S/C23H29N3O4/c1-16-20(17(2)30-24-16)15-21(27)25-10-12-26(13-11-25)23(28)19-9-6-14-29-22(19)18-7-4-3-5-8-18/h3-5,7-8,19,22H,6,9-15H2,1-2H3. The summed E-state index contributed by atoms with van der Waals surface area (Å²) in [6.07, 6.45) is 1.84. The first kappa shape index (κ1) is 20.6. The Labute approximate surface area is 177 Å². The molecular weight excluding hydrogens is 382 g/mol. The first-order valence-electron chi connectivity index (χ1n) is 10.7. The zero-order chi connectivity index (χ0) is 21.1. The smallest absolute Gasteiger partial charge is 0.228 e. The Morgan fingerprint density at radius 1 is 1.07 bits per heavy atom. The highest BCUT2D eigenvalue weighted by atomic mass is 16.5. The van der Waals surface area contributed by atoms with E-state index in [2.05, 4.69) is 5.16 Å². The molecule has 2 aliphatic rings. The van der Waals surface area contributed by atoms with Gasteiger partial charge in [-0.05, 0) is 32.3 Å². The minimum atomic E-state index is -0.188. The van der Waals surface area contributed by atoms with Gasteiger partial charge in [0.15, 0.2) is 0 Å². The average molecular weight is 412 g/mol. The van der Waals surface area contributed by atoms with E-state index in [-0.39, 0.29) is 23.8 Å². The summed E-state index contributed by atoms with van der Waals surface area (Å²) in [5.41, 5.74) is 2.69. The molecule has 0 saturated carbocycles. The van der Waals surface area contributed by atoms with E-state index in [0.29, 0.717) is 45.0 Å². The summed E-state index contributed by atoms with van der Waals surface area (Å²) < 4.78 is 11.2. The molecule has 2 aromatic rings. The summed E-state index contributed by atoms with van der Waals surface area (Å²) in [6.45, 7) is 6.59. The van der Waals surface area contributed by atoms with Gasteiger partial charge in [0.2, 0.25) is 11.8 Å². The average Bonchev–Trinajstić information content (AvgIpc) is 3.11. The van der Waals surface area contributed by atoms with Crippen LogP contribution >= 0.6 is 0 Å². The van der Waals surface area contributed by atoms with E-state index in [1.807, 2.05) is 54.0 Å². The highest BCUT2D eigenvalue weighted by molar-refractivity contribution is 5.81. The van der Waals surface area contributed by atoms with Gasteiger partial charge >= 0.3 is 0 Å². The molecule has 0 radical (unpaired) electrons. The van der Waals surface area contributed by atoms with Crippen molar-refractivity contribution in [1.29, 1.82) is 0 Å². The number of nitrogens with zero attached hydrogens (tertiary/aromatic N) is 3. The third-order valence-electron chi connectivity index (χ3n) is 6.22. The van der Waals surface area contributed by atoms with Crippen LogP contribution in [0.1, 0.15) is 41.5 Å². The van der Waals surface area contributed by atoms with E-state index in [1.165, 1.54) is 0 Å². The van der Waals surface area contributed by atoms with Gasteiger partial charge in [-0.1, -0.05) is 35.5 Å². The first-order chi connectivity index (χ1) is 14.5. The maximum Gasteiger partial charge on any atom is 0.228 e. The van der Waals surface area contributed by atoms with Gasteiger partial charge in [-0.2, -0.15) is 0 Å². The fourth-order valence-corrected chi connectivity index (χ4v) is 4.43. The van der Waals surface area contributed by atoms with Gasteiger partial charge in [-0.15, -0.1) is 0 Å².